The molecule has 1 aromatic rings. The summed E-state index contributed by atoms with van der Waals surface area (Å²) in [5.41, 5.74) is -0.352. The Morgan fingerprint density at radius 3 is 2.59 bits per heavy atom. The molecular formula is C14H13FO2. The zero-order valence-corrected chi connectivity index (χ0v) is 9.43. The lowest BCUT2D eigenvalue weighted by Crippen LogP contribution is -2.37. The van der Waals surface area contributed by atoms with Gasteiger partial charge in [-0.05, 0) is 18.1 Å². The Bertz CT molecular complexity index is 490. The van der Waals surface area contributed by atoms with Crippen LogP contribution in [-0.4, -0.2) is 17.2 Å². The van der Waals surface area contributed by atoms with Crippen molar-refractivity contribution in [1.29, 1.82) is 0 Å². The quantitative estimate of drug-likeness (QED) is 0.850. The maximum atomic E-state index is 14.3. The molecular weight excluding hydrogens is 219 g/mol. The van der Waals surface area contributed by atoms with Gasteiger partial charge in [-0.25, -0.2) is 4.39 Å². The number of aliphatic carboxylic acids is 1. The van der Waals surface area contributed by atoms with Crippen LogP contribution in [0.1, 0.15) is 12.5 Å². The highest BCUT2D eigenvalue weighted by Crippen LogP contribution is 2.38. The average Bonchev–Trinajstić information content (AvgIpc) is 2.33. The van der Waals surface area contributed by atoms with Gasteiger partial charge in [0.25, 0.3) is 0 Å². The molecule has 0 radical (unpaired) electrons. The van der Waals surface area contributed by atoms with Crippen molar-refractivity contribution in [2.24, 2.45) is 5.41 Å². The average molecular weight is 232 g/mol. The molecule has 1 aliphatic rings. The Morgan fingerprint density at radius 2 is 2.00 bits per heavy atom. The summed E-state index contributed by atoms with van der Waals surface area (Å²) in [6, 6.07) is 9.00. The summed E-state index contributed by atoms with van der Waals surface area (Å²) in [6.07, 6.45) is 3.09. The Hall–Kier alpha value is -1.90. The number of carbonyl (C=O) groups is 1. The second-order valence-electron chi connectivity index (χ2n) is 4.30. The fourth-order valence-electron chi connectivity index (χ4n) is 1.90. The van der Waals surface area contributed by atoms with E-state index in [0.717, 1.165) is 5.56 Å². The van der Waals surface area contributed by atoms with Crippen LogP contribution in [0.4, 0.5) is 4.39 Å². The van der Waals surface area contributed by atoms with E-state index in [0.29, 0.717) is 5.57 Å². The second kappa shape index (κ2) is 4.17. The van der Waals surface area contributed by atoms with Crippen LogP contribution in [0.3, 0.4) is 0 Å². The van der Waals surface area contributed by atoms with Gasteiger partial charge in [0.15, 0.2) is 0 Å². The lowest BCUT2D eigenvalue weighted by Gasteiger charge is -2.29. The molecule has 0 spiro atoms. The molecule has 0 aromatic heterocycles. The summed E-state index contributed by atoms with van der Waals surface area (Å²) in [5, 5.41) is 9.11. The van der Waals surface area contributed by atoms with Gasteiger partial charge in [-0.15, -0.1) is 0 Å². The molecule has 0 heterocycles. The van der Waals surface area contributed by atoms with Crippen molar-refractivity contribution in [1.82, 2.24) is 0 Å². The number of allylic oxidation sites excluding steroid dienone is 3. The minimum absolute atomic E-state index is 0.415. The van der Waals surface area contributed by atoms with Gasteiger partial charge in [-0.1, -0.05) is 48.6 Å². The summed E-state index contributed by atoms with van der Waals surface area (Å²) in [5.74, 6) is -1.15. The molecule has 1 N–H and O–H groups in total. The largest absolute Gasteiger partial charge is 0.481 e. The summed E-state index contributed by atoms with van der Waals surface area (Å²) in [6.45, 7) is 1.40. The van der Waals surface area contributed by atoms with Crippen molar-refractivity contribution in [3.8, 4) is 0 Å². The second-order valence-corrected chi connectivity index (χ2v) is 4.30. The van der Waals surface area contributed by atoms with Crippen LogP contribution in [0.2, 0.25) is 0 Å². The third-order valence-corrected chi connectivity index (χ3v) is 3.09. The molecule has 1 aliphatic carbocycles. The van der Waals surface area contributed by atoms with Crippen LogP contribution in [0, 0.1) is 5.41 Å². The first-order valence-corrected chi connectivity index (χ1v) is 5.38. The minimum Gasteiger partial charge on any atom is -0.481 e. The molecule has 2 rings (SSSR count). The Kier molecular flexibility index (Phi) is 2.84. The van der Waals surface area contributed by atoms with Gasteiger partial charge in [0.1, 0.15) is 11.6 Å². The van der Waals surface area contributed by atoms with Crippen LogP contribution in [-0.2, 0) is 4.79 Å². The first-order valence-electron chi connectivity index (χ1n) is 5.38. The molecule has 0 fully saturated rings. The number of hydrogen-bond acceptors (Lipinski definition) is 1. The summed E-state index contributed by atoms with van der Waals surface area (Å²) >= 11 is 0. The van der Waals surface area contributed by atoms with Gasteiger partial charge >= 0.3 is 5.97 Å². The number of alkyl halides is 1. The zero-order valence-electron chi connectivity index (χ0n) is 9.43. The molecule has 88 valence electrons. The third-order valence-electron chi connectivity index (χ3n) is 3.09. The van der Waals surface area contributed by atoms with E-state index < -0.39 is 17.6 Å². The van der Waals surface area contributed by atoms with E-state index in [1.165, 1.54) is 13.0 Å². The van der Waals surface area contributed by atoms with Crippen LogP contribution in [0.25, 0.3) is 5.57 Å². The molecule has 3 heteroatoms. The lowest BCUT2D eigenvalue weighted by molar-refractivity contribution is -0.147. The smallest absolute Gasteiger partial charge is 0.316 e. The number of carboxylic acids is 1. The standard InChI is InChI=1S/C14H13FO2/c1-14(13(16)17)9-5-8-11(12(14)15)10-6-3-2-4-7-10/h2-9,12H,1H3,(H,16,17). The Morgan fingerprint density at radius 1 is 1.35 bits per heavy atom. The van der Waals surface area contributed by atoms with Crippen LogP contribution in [0.5, 0.6) is 0 Å². The van der Waals surface area contributed by atoms with Crippen molar-refractivity contribution in [3.05, 3.63) is 54.1 Å². The highest BCUT2D eigenvalue weighted by molar-refractivity contribution is 5.85. The maximum absolute atomic E-state index is 14.3. The van der Waals surface area contributed by atoms with Crippen LogP contribution in [0.15, 0.2) is 48.6 Å². The fourth-order valence-corrected chi connectivity index (χ4v) is 1.90. The SMILES string of the molecule is CC1(C(=O)O)C=CC=C(c2ccccc2)C1F. The number of benzene rings is 1. The molecule has 2 nitrogen and oxygen atoms in total. The zero-order chi connectivity index (χ0) is 12.5. The van der Waals surface area contributed by atoms with E-state index >= 15 is 0 Å². The number of rotatable bonds is 2. The molecule has 2 atom stereocenters. The van der Waals surface area contributed by atoms with E-state index in [-0.39, 0.29) is 0 Å². The molecule has 0 aliphatic heterocycles. The number of carboxylic acid groups (broad SMARTS) is 1. The summed E-state index contributed by atoms with van der Waals surface area (Å²) < 4.78 is 14.3. The lowest BCUT2D eigenvalue weighted by atomic mass is 9.76. The minimum atomic E-state index is -1.53. The van der Waals surface area contributed by atoms with Crippen LogP contribution >= 0.6 is 0 Å². The summed E-state index contributed by atoms with van der Waals surface area (Å²) in [4.78, 5) is 11.1. The predicted molar refractivity (Wildman–Crippen MR) is 64.2 cm³/mol. The van der Waals surface area contributed by atoms with Gasteiger partial charge in [0.05, 0.1) is 0 Å². The van der Waals surface area contributed by atoms with Crippen molar-refractivity contribution in [2.45, 2.75) is 13.1 Å². The first-order chi connectivity index (χ1) is 8.05. The van der Waals surface area contributed by atoms with E-state index in [1.807, 2.05) is 6.07 Å². The van der Waals surface area contributed by atoms with E-state index in [2.05, 4.69) is 0 Å². The highest BCUT2D eigenvalue weighted by Gasteiger charge is 2.43. The molecule has 2 unspecified atom stereocenters. The monoisotopic (exact) mass is 232 g/mol. The molecule has 1 aromatic carbocycles. The van der Waals surface area contributed by atoms with E-state index in [1.54, 1.807) is 36.4 Å². The molecule has 0 saturated carbocycles. The van der Waals surface area contributed by atoms with Gasteiger partial charge < -0.3 is 5.11 Å². The van der Waals surface area contributed by atoms with Gasteiger partial charge in [-0.2, -0.15) is 0 Å². The number of hydrogen-bond donors (Lipinski definition) is 1. The van der Waals surface area contributed by atoms with Crippen molar-refractivity contribution in [3.63, 3.8) is 0 Å². The van der Waals surface area contributed by atoms with E-state index in [4.69, 9.17) is 5.11 Å². The molecule has 0 bridgehead atoms. The van der Waals surface area contributed by atoms with Crippen molar-refractivity contribution < 1.29 is 14.3 Å². The third kappa shape index (κ3) is 1.88. The maximum Gasteiger partial charge on any atom is 0.316 e. The van der Waals surface area contributed by atoms with Gasteiger partial charge in [-0.3, -0.25) is 4.79 Å². The molecule has 17 heavy (non-hydrogen) atoms. The fraction of sp³-hybridized carbons (Fsp3) is 0.214. The van der Waals surface area contributed by atoms with Gasteiger partial charge in [0.2, 0.25) is 0 Å². The van der Waals surface area contributed by atoms with Gasteiger partial charge in [0, 0.05) is 0 Å². The molecule has 0 saturated heterocycles. The molecule has 0 amide bonds. The van der Waals surface area contributed by atoms with E-state index in [9.17, 15) is 9.18 Å². The Balaban J connectivity index is 2.42. The number of halogens is 1. The summed E-state index contributed by atoms with van der Waals surface area (Å²) in [7, 11) is 0. The highest BCUT2D eigenvalue weighted by atomic mass is 19.1. The first kappa shape index (κ1) is 11.6. The Labute approximate surface area is 99.1 Å². The van der Waals surface area contributed by atoms with Crippen molar-refractivity contribution in [2.75, 3.05) is 0 Å². The van der Waals surface area contributed by atoms with Crippen molar-refractivity contribution >= 4 is 11.5 Å². The normalized spacial score (nSPS) is 27.6. The topological polar surface area (TPSA) is 37.3 Å². The predicted octanol–water partition coefficient (Wildman–Crippen LogP) is 3.07. The van der Waals surface area contributed by atoms with Crippen LogP contribution < -0.4 is 0 Å².